The lowest BCUT2D eigenvalue weighted by Gasteiger charge is -2.34. The number of carbonyl (C=O) groups is 1. The van der Waals surface area contributed by atoms with Crippen LogP contribution in [-0.2, 0) is 11.3 Å². The molecule has 1 aromatic carbocycles. The van der Waals surface area contributed by atoms with Crippen LogP contribution in [0.4, 0.5) is 5.69 Å². The summed E-state index contributed by atoms with van der Waals surface area (Å²) in [5, 5.41) is 3.89. The number of anilines is 1. The zero-order chi connectivity index (χ0) is 13.8. The van der Waals surface area contributed by atoms with Crippen molar-refractivity contribution in [2.45, 2.75) is 19.4 Å². The average Bonchev–Trinajstić information content (AvgIpc) is 2.41. The lowest BCUT2D eigenvalue weighted by atomic mass is 9.96. The molecule has 0 radical (unpaired) electrons. The SMILES string of the molecule is CNCc1c(Cl)cccc1N1CCCC(C(N)=O)C1. The smallest absolute Gasteiger partial charge is 0.222 e. The fraction of sp³-hybridized carbons (Fsp3) is 0.500. The summed E-state index contributed by atoms with van der Waals surface area (Å²) in [5.74, 6) is -0.267. The third-order valence-electron chi connectivity index (χ3n) is 3.61. The van der Waals surface area contributed by atoms with Crippen molar-refractivity contribution in [2.75, 3.05) is 25.0 Å². The molecule has 0 aliphatic carbocycles. The maximum Gasteiger partial charge on any atom is 0.222 e. The minimum absolute atomic E-state index is 0.0600. The molecule has 1 unspecified atom stereocenters. The fourth-order valence-electron chi connectivity index (χ4n) is 2.62. The first-order chi connectivity index (χ1) is 9.13. The van der Waals surface area contributed by atoms with Crippen LogP contribution in [0.15, 0.2) is 18.2 Å². The van der Waals surface area contributed by atoms with Crippen molar-refractivity contribution in [1.82, 2.24) is 5.32 Å². The Hall–Kier alpha value is -1.26. The van der Waals surface area contributed by atoms with Gasteiger partial charge in [-0.15, -0.1) is 0 Å². The number of nitrogens with one attached hydrogen (secondary N) is 1. The van der Waals surface area contributed by atoms with Gasteiger partial charge in [0.2, 0.25) is 5.91 Å². The highest BCUT2D eigenvalue weighted by Gasteiger charge is 2.25. The maximum absolute atomic E-state index is 11.4. The summed E-state index contributed by atoms with van der Waals surface area (Å²) in [5.41, 5.74) is 7.61. The second-order valence-corrected chi connectivity index (χ2v) is 5.36. The van der Waals surface area contributed by atoms with Gasteiger partial charge in [-0.2, -0.15) is 0 Å². The van der Waals surface area contributed by atoms with Gasteiger partial charge in [-0.05, 0) is 32.0 Å². The van der Waals surface area contributed by atoms with E-state index in [1.807, 2.05) is 19.2 Å². The van der Waals surface area contributed by atoms with Crippen LogP contribution in [-0.4, -0.2) is 26.0 Å². The predicted octanol–water partition coefficient (Wildman–Crippen LogP) is 1.76. The van der Waals surface area contributed by atoms with Crippen molar-refractivity contribution in [1.29, 1.82) is 0 Å². The molecule has 0 bridgehead atoms. The van der Waals surface area contributed by atoms with Gasteiger partial charge in [0.05, 0.1) is 5.92 Å². The summed E-state index contributed by atoms with van der Waals surface area (Å²) in [4.78, 5) is 13.6. The van der Waals surface area contributed by atoms with Gasteiger partial charge in [0, 0.05) is 35.9 Å². The molecule has 1 aromatic rings. The molecule has 5 heteroatoms. The number of nitrogens with two attached hydrogens (primary N) is 1. The minimum atomic E-state index is -0.207. The first-order valence-electron chi connectivity index (χ1n) is 6.59. The number of piperidine rings is 1. The predicted molar refractivity (Wildman–Crippen MR) is 78.3 cm³/mol. The molecular formula is C14H20ClN3O. The molecule has 0 spiro atoms. The number of carbonyl (C=O) groups excluding carboxylic acids is 1. The Labute approximate surface area is 118 Å². The molecule has 104 valence electrons. The molecule has 1 fully saturated rings. The standard InChI is InChI=1S/C14H20ClN3O/c1-17-8-11-12(15)5-2-6-13(11)18-7-3-4-10(9-18)14(16)19/h2,5-6,10,17H,3-4,7-9H2,1H3,(H2,16,19). The summed E-state index contributed by atoms with van der Waals surface area (Å²) in [6.45, 7) is 2.35. The van der Waals surface area contributed by atoms with E-state index in [-0.39, 0.29) is 11.8 Å². The molecule has 2 rings (SSSR count). The number of hydrogen-bond acceptors (Lipinski definition) is 3. The highest BCUT2D eigenvalue weighted by Crippen LogP contribution is 2.30. The molecule has 1 atom stereocenters. The van der Waals surface area contributed by atoms with Crippen LogP contribution >= 0.6 is 11.6 Å². The van der Waals surface area contributed by atoms with E-state index in [9.17, 15) is 4.79 Å². The van der Waals surface area contributed by atoms with E-state index >= 15 is 0 Å². The Bertz CT molecular complexity index is 464. The largest absolute Gasteiger partial charge is 0.370 e. The van der Waals surface area contributed by atoms with E-state index in [4.69, 9.17) is 17.3 Å². The number of nitrogens with zero attached hydrogens (tertiary/aromatic N) is 1. The Kier molecular flexibility index (Phi) is 4.66. The molecule has 0 saturated carbocycles. The highest BCUT2D eigenvalue weighted by molar-refractivity contribution is 6.31. The number of rotatable bonds is 4. The number of amides is 1. The summed E-state index contributed by atoms with van der Waals surface area (Å²) >= 11 is 6.27. The minimum Gasteiger partial charge on any atom is -0.370 e. The van der Waals surface area contributed by atoms with Crippen LogP contribution in [0.25, 0.3) is 0 Å². The Morgan fingerprint density at radius 1 is 1.58 bits per heavy atom. The van der Waals surface area contributed by atoms with Gasteiger partial charge in [0.15, 0.2) is 0 Å². The fourth-order valence-corrected chi connectivity index (χ4v) is 2.86. The highest BCUT2D eigenvalue weighted by atomic mass is 35.5. The molecule has 1 aliphatic heterocycles. The zero-order valence-corrected chi connectivity index (χ0v) is 11.9. The van der Waals surface area contributed by atoms with E-state index in [0.29, 0.717) is 13.1 Å². The van der Waals surface area contributed by atoms with Gasteiger partial charge < -0.3 is 16.0 Å². The monoisotopic (exact) mass is 281 g/mol. The second-order valence-electron chi connectivity index (χ2n) is 4.96. The first kappa shape index (κ1) is 14.2. The normalized spacial score (nSPS) is 19.5. The molecular weight excluding hydrogens is 262 g/mol. The van der Waals surface area contributed by atoms with E-state index in [1.54, 1.807) is 0 Å². The van der Waals surface area contributed by atoms with Gasteiger partial charge in [-0.3, -0.25) is 4.79 Å². The van der Waals surface area contributed by atoms with Crippen LogP contribution in [0, 0.1) is 5.92 Å². The van der Waals surface area contributed by atoms with Crippen LogP contribution in [0.2, 0.25) is 5.02 Å². The van der Waals surface area contributed by atoms with Crippen molar-refractivity contribution in [2.24, 2.45) is 11.7 Å². The number of halogens is 1. The van der Waals surface area contributed by atoms with Gasteiger partial charge in [-0.1, -0.05) is 17.7 Å². The second kappa shape index (κ2) is 6.26. The maximum atomic E-state index is 11.4. The molecule has 1 amide bonds. The van der Waals surface area contributed by atoms with E-state index in [1.165, 1.54) is 0 Å². The van der Waals surface area contributed by atoms with Crippen LogP contribution in [0.1, 0.15) is 18.4 Å². The van der Waals surface area contributed by atoms with Crippen LogP contribution < -0.4 is 16.0 Å². The van der Waals surface area contributed by atoms with Crippen molar-refractivity contribution in [3.63, 3.8) is 0 Å². The van der Waals surface area contributed by atoms with Crippen molar-refractivity contribution in [3.05, 3.63) is 28.8 Å². The van der Waals surface area contributed by atoms with Crippen molar-refractivity contribution < 1.29 is 4.79 Å². The third-order valence-corrected chi connectivity index (χ3v) is 3.97. The first-order valence-corrected chi connectivity index (χ1v) is 6.97. The molecule has 19 heavy (non-hydrogen) atoms. The quantitative estimate of drug-likeness (QED) is 0.884. The number of primary amides is 1. The molecule has 1 saturated heterocycles. The topological polar surface area (TPSA) is 58.4 Å². The third kappa shape index (κ3) is 3.19. The summed E-state index contributed by atoms with van der Waals surface area (Å²) < 4.78 is 0. The van der Waals surface area contributed by atoms with E-state index < -0.39 is 0 Å². The van der Waals surface area contributed by atoms with Crippen LogP contribution in [0.5, 0.6) is 0 Å². The Morgan fingerprint density at radius 3 is 3.05 bits per heavy atom. The number of hydrogen-bond donors (Lipinski definition) is 2. The van der Waals surface area contributed by atoms with Gasteiger partial charge >= 0.3 is 0 Å². The van der Waals surface area contributed by atoms with E-state index in [2.05, 4.69) is 16.3 Å². The zero-order valence-electron chi connectivity index (χ0n) is 11.2. The van der Waals surface area contributed by atoms with E-state index in [0.717, 1.165) is 35.7 Å². The van der Waals surface area contributed by atoms with Crippen molar-refractivity contribution >= 4 is 23.2 Å². The summed E-state index contributed by atoms with van der Waals surface area (Å²) in [6, 6.07) is 5.90. The lowest BCUT2D eigenvalue weighted by molar-refractivity contribution is -0.122. The van der Waals surface area contributed by atoms with Gasteiger partial charge in [-0.25, -0.2) is 0 Å². The molecule has 1 aliphatic rings. The molecule has 4 nitrogen and oxygen atoms in total. The number of benzene rings is 1. The van der Waals surface area contributed by atoms with Gasteiger partial charge in [0.1, 0.15) is 0 Å². The molecule has 0 aromatic heterocycles. The van der Waals surface area contributed by atoms with Crippen molar-refractivity contribution in [3.8, 4) is 0 Å². The molecule has 3 N–H and O–H groups in total. The summed E-state index contributed by atoms with van der Waals surface area (Å²) in [7, 11) is 1.90. The summed E-state index contributed by atoms with van der Waals surface area (Å²) in [6.07, 6.45) is 1.87. The molecule has 1 heterocycles. The van der Waals surface area contributed by atoms with Gasteiger partial charge in [0.25, 0.3) is 0 Å². The lowest BCUT2D eigenvalue weighted by Crippen LogP contribution is -2.41. The Balaban J connectivity index is 2.25. The Morgan fingerprint density at radius 2 is 2.37 bits per heavy atom. The average molecular weight is 282 g/mol. The van der Waals surface area contributed by atoms with Crippen LogP contribution in [0.3, 0.4) is 0 Å².